The number of carbonyl (C=O) groups is 1. The molecule has 96 valence electrons. The van der Waals surface area contributed by atoms with E-state index in [2.05, 4.69) is 36.5 Å². The maximum Gasteiger partial charge on any atom is 0.252 e. The van der Waals surface area contributed by atoms with Gasteiger partial charge in [0.1, 0.15) is 11.3 Å². The van der Waals surface area contributed by atoms with Crippen LogP contribution in [0.1, 0.15) is 15.4 Å². The van der Waals surface area contributed by atoms with Gasteiger partial charge in [-0.15, -0.1) is 10.2 Å². The molecule has 0 aliphatic carbocycles. The fourth-order valence-electron chi connectivity index (χ4n) is 1.57. The summed E-state index contributed by atoms with van der Waals surface area (Å²) >= 11 is 4.75. The number of benzene rings is 1. The summed E-state index contributed by atoms with van der Waals surface area (Å²) in [6.45, 7) is 0.369. The van der Waals surface area contributed by atoms with E-state index < -0.39 is 0 Å². The third-order valence-electron chi connectivity index (χ3n) is 2.45. The van der Waals surface area contributed by atoms with Gasteiger partial charge in [0.2, 0.25) is 4.96 Å². The lowest BCUT2D eigenvalue weighted by Gasteiger charge is -2.04. The second-order valence-corrected chi connectivity index (χ2v) is 5.61. The van der Waals surface area contributed by atoms with Crippen LogP contribution in [0, 0.1) is 0 Å². The lowest BCUT2D eigenvalue weighted by molar-refractivity contribution is 0.0950. The molecule has 2 heterocycles. The Morgan fingerprint density at radius 1 is 1.42 bits per heavy atom. The molecule has 0 saturated heterocycles. The van der Waals surface area contributed by atoms with Gasteiger partial charge in [-0.2, -0.15) is 9.61 Å². The smallest absolute Gasteiger partial charge is 0.252 e. The van der Waals surface area contributed by atoms with Crippen LogP contribution in [0.5, 0.6) is 0 Å². The van der Waals surface area contributed by atoms with Gasteiger partial charge in [-0.3, -0.25) is 4.79 Å². The van der Waals surface area contributed by atoms with Crippen molar-refractivity contribution in [2.45, 2.75) is 6.54 Å². The van der Waals surface area contributed by atoms with E-state index in [0.717, 1.165) is 9.48 Å². The first-order valence-corrected chi connectivity index (χ1v) is 7.03. The lowest BCUT2D eigenvalue weighted by atomic mass is 10.2. The average molecular weight is 338 g/mol. The highest BCUT2D eigenvalue weighted by atomic mass is 79.9. The Morgan fingerprint density at radius 2 is 2.26 bits per heavy atom. The summed E-state index contributed by atoms with van der Waals surface area (Å²) in [7, 11) is 0. The zero-order valence-corrected chi connectivity index (χ0v) is 12.0. The van der Waals surface area contributed by atoms with Crippen molar-refractivity contribution in [1.82, 2.24) is 25.1 Å². The molecule has 0 unspecified atom stereocenters. The molecule has 0 aliphatic heterocycles. The molecule has 1 amide bonds. The first-order chi connectivity index (χ1) is 9.24. The zero-order valence-electron chi connectivity index (χ0n) is 9.58. The van der Waals surface area contributed by atoms with Gasteiger partial charge >= 0.3 is 0 Å². The zero-order chi connectivity index (χ0) is 13.2. The summed E-state index contributed by atoms with van der Waals surface area (Å²) in [6.07, 6.45) is 1.53. The largest absolute Gasteiger partial charge is 0.345 e. The van der Waals surface area contributed by atoms with E-state index in [1.165, 1.54) is 17.7 Å². The van der Waals surface area contributed by atoms with Crippen LogP contribution in [0.25, 0.3) is 4.96 Å². The Kier molecular flexibility index (Phi) is 3.26. The van der Waals surface area contributed by atoms with Gasteiger partial charge in [0.25, 0.3) is 5.91 Å². The summed E-state index contributed by atoms with van der Waals surface area (Å²) in [5.41, 5.74) is 0.602. The van der Waals surface area contributed by atoms with E-state index in [1.54, 1.807) is 10.6 Å². The van der Waals surface area contributed by atoms with Gasteiger partial charge in [-0.05, 0) is 28.1 Å². The topological polar surface area (TPSA) is 72.2 Å². The molecule has 0 radical (unpaired) electrons. The van der Waals surface area contributed by atoms with Crippen molar-refractivity contribution in [2.24, 2.45) is 0 Å². The molecule has 3 rings (SSSR count). The second-order valence-electron chi connectivity index (χ2n) is 3.72. The molecule has 6 nitrogen and oxygen atoms in total. The van der Waals surface area contributed by atoms with Crippen LogP contribution in [0.15, 0.2) is 35.1 Å². The third-order valence-corrected chi connectivity index (χ3v) is 4.05. The normalized spacial score (nSPS) is 10.8. The quantitative estimate of drug-likeness (QED) is 0.791. The highest BCUT2D eigenvalue weighted by Gasteiger charge is 2.10. The molecule has 0 bridgehead atoms. The highest BCUT2D eigenvalue weighted by Crippen LogP contribution is 2.16. The molecule has 0 atom stereocenters. The maximum atomic E-state index is 12.0. The van der Waals surface area contributed by atoms with Crippen molar-refractivity contribution in [2.75, 3.05) is 0 Å². The Hall–Kier alpha value is -1.80. The predicted octanol–water partition coefficient (Wildman–Crippen LogP) is 1.88. The van der Waals surface area contributed by atoms with Crippen molar-refractivity contribution < 1.29 is 4.79 Å². The second kappa shape index (κ2) is 5.06. The first-order valence-electron chi connectivity index (χ1n) is 5.42. The van der Waals surface area contributed by atoms with Gasteiger partial charge in [0.15, 0.2) is 0 Å². The number of hydrogen-bond acceptors (Lipinski definition) is 5. The number of amides is 1. The molecule has 19 heavy (non-hydrogen) atoms. The van der Waals surface area contributed by atoms with Crippen molar-refractivity contribution in [1.29, 1.82) is 0 Å². The van der Waals surface area contributed by atoms with Gasteiger partial charge in [0, 0.05) is 4.47 Å². The third kappa shape index (κ3) is 2.49. The molecule has 0 fully saturated rings. The van der Waals surface area contributed by atoms with Crippen molar-refractivity contribution in [3.8, 4) is 0 Å². The van der Waals surface area contributed by atoms with Crippen LogP contribution < -0.4 is 5.32 Å². The molecule has 0 spiro atoms. The molecule has 1 N–H and O–H groups in total. The molecular weight excluding hydrogens is 330 g/mol. The minimum absolute atomic E-state index is 0.140. The van der Waals surface area contributed by atoms with Gasteiger partial charge in [-0.25, -0.2) is 0 Å². The minimum atomic E-state index is -0.140. The molecule has 3 aromatic rings. The summed E-state index contributed by atoms with van der Waals surface area (Å²) < 4.78 is 2.36. The van der Waals surface area contributed by atoms with E-state index in [0.29, 0.717) is 17.1 Å². The first kappa shape index (κ1) is 12.2. The molecule has 2 aromatic heterocycles. The number of nitrogens with one attached hydrogen (secondary N) is 1. The minimum Gasteiger partial charge on any atom is -0.345 e. The van der Waals surface area contributed by atoms with Crippen molar-refractivity contribution in [3.05, 3.63) is 45.6 Å². The number of halogens is 1. The van der Waals surface area contributed by atoms with Gasteiger partial charge in [-0.1, -0.05) is 23.5 Å². The number of rotatable bonds is 3. The Morgan fingerprint density at radius 3 is 3.05 bits per heavy atom. The average Bonchev–Trinajstić information content (AvgIpc) is 2.97. The monoisotopic (exact) mass is 337 g/mol. The molecule has 0 saturated carbocycles. The number of nitrogens with zero attached hydrogens (tertiary/aromatic N) is 4. The van der Waals surface area contributed by atoms with Crippen LogP contribution in [0.3, 0.4) is 0 Å². The van der Waals surface area contributed by atoms with Crippen molar-refractivity contribution >= 4 is 38.1 Å². The highest BCUT2D eigenvalue weighted by molar-refractivity contribution is 9.10. The Bertz CT molecular complexity index is 709. The molecule has 8 heteroatoms. The Balaban J connectivity index is 1.71. The van der Waals surface area contributed by atoms with Crippen LogP contribution in [0.2, 0.25) is 0 Å². The van der Waals surface area contributed by atoms with E-state index in [4.69, 9.17) is 0 Å². The van der Waals surface area contributed by atoms with Crippen LogP contribution >= 0.6 is 27.3 Å². The van der Waals surface area contributed by atoms with Crippen LogP contribution in [0.4, 0.5) is 0 Å². The Labute approximate surface area is 120 Å². The van der Waals surface area contributed by atoms with E-state index in [9.17, 15) is 4.79 Å². The number of hydrogen-bond donors (Lipinski definition) is 1. The maximum absolute atomic E-state index is 12.0. The summed E-state index contributed by atoms with van der Waals surface area (Å²) in [4.78, 5) is 12.7. The van der Waals surface area contributed by atoms with Crippen LogP contribution in [-0.4, -0.2) is 25.7 Å². The van der Waals surface area contributed by atoms with Gasteiger partial charge in [0.05, 0.1) is 12.1 Å². The van der Waals surface area contributed by atoms with Crippen LogP contribution in [-0.2, 0) is 6.54 Å². The molecule has 0 aliphatic rings. The fourth-order valence-corrected chi connectivity index (χ4v) is 2.79. The summed E-state index contributed by atoms with van der Waals surface area (Å²) in [5, 5.41) is 15.5. The number of aromatic nitrogens is 4. The van der Waals surface area contributed by atoms with Gasteiger partial charge < -0.3 is 5.32 Å². The fraction of sp³-hybridized carbons (Fsp3) is 0.0909. The van der Waals surface area contributed by atoms with E-state index in [-0.39, 0.29) is 5.91 Å². The molecule has 1 aromatic carbocycles. The predicted molar refractivity (Wildman–Crippen MR) is 74.0 cm³/mol. The molecular formula is C11H8BrN5OS. The van der Waals surface area contributed by atoms with E-state index in [1.807, 2.05) is 18.2 Å². The van der Waals surface area contributed by atoms with E-state index >= 15 is 0 Å². The summed E-state index contributed by atoms with van der Waals surface area (Å²) in [6, 6.07) is 7.28. The standard InChI is InChI=1S/C11H8BrN5OS/c12-8-4-2-1-3-7(8)10(18)13-5-9-16-17-6-14-15-11(17)19-9/h1-4,6H,5H2,(H,13,18). The summed E-state index contributed by atoms with van der Waals surface area (Å²) in [5.74, 6) is -0.140. The lowest BCUT2D eigenvalue weighted by Crippen LogP contribution is -2.23. The SMILES string of the molecule is O=C(NCc1nn2cnnc2s1)c1ccccc1Br. The number of carbonyl (C=O) groups excluding carboxylic acids is 1. The van der Waals surface area contributed by atoms with Crippen molar-refractivity contribution in [3.63, 3.8) is 0 Å². The number of fused-ring (bicyclic) bond motifs is 1.